The summed E-state index contributed by atoms with van der Waals surface area (Å²) in [6.07, 6.45) is 0. The van der Waals surface area contributed by atoms with Crippen LogP contribution in [0.3, 0.4) is 0 Å². The molecule has 3 nitrogen and oxygen atoms in total. The number of hydrogen-bond acceptors (Lipinski definition) is 3. The molecule has 0 aliphatic rings. The minimum absolute atomic E-state index is 0.0718. The molecule has 0 spiro atoms. The minimum atomic E-state index is -1.72. The van der Waals surface area contributed by atoms with E-state index in [9.17, 15) is 4.39 Å². The molecular formula is C8H10BFO3. The number of aryl methyl sites for hydroxylation is 1. The standard InChI is InChI=1S/C8H10BFO3/c1-5-3-4-6(10)8(13-2)7(5)9(11)12/h3-4,11-12H,1-2H3. The second-order valence-corrected chi connectivity index (χ2v) is 2.68. The van der Waals surface area contributed by atoms with E-state index < -0.39 is 12.9 Å². The third-order valence-electron chi connectivity index (χ3n) is 1.83. The van der Waals surface area contributed by atoms with Gasteiger partial charge in [-0.25, -0.2) is 4.39 Å². The highest BCUT2D eigenvalue weighted by Gasteiger charge is 2.22. The van der Waals surface area contributed by atoms with Crippen LogP contribution in [-0.4, -0.2) is 24.3 Å². The molecule has 0 amide bonds. The Balaban J connectivity index is 3.35. The van der Waals surface area contributed by atoms with Gasteiger partial charge in [-0.15, -0.1) is 0 Å². The third-order valence-corrected chi connectivity index (χ3v) is 1.83. The lowest BCUT2D eigenvalue weighted by Crippen LogP contribution is -2.34. The predicted octanol–water partition coefficient (Wildman–Crippen LogP) is -0.177. The molecule has 0 aliphatic carbocycles. The van der Waals surface area contributed by atoms with E-state index in [4.69, 9.17) is 14.8 Å². The van der Waals surface area contributed by atoms with Gasteiger partial charge in [-0.2, -0.15) is 0 Å². The van der Waals surface area contributed by atoms with E-state index in [-0.39, 0.29) is 11.2 Å². The van der Waals surface area contributed by atoms with Gasteiger partial charge in [-0.05, 0) is 18.6 Å². The average molecular weight is 184 g/mol. The zero-order valence-electron chi connectivity index (χ0n) is 7.41. The van der Waals surface area contributed by atoms with Crippen LogP contribution < -0.4 is 10.2 Å². The lowest BCUT2D eigenvalue weighted by atomic mass is 9.76. The molecule has 0 heterocycles. The summed E-state index contributed by atoms with van der Waals surface area (Å²) in [7, 11) is -0.436. The zero-order chi connectivity index (χ0) is 10.0. The fourth-order valence-corrected chi connectivity index (χ4v) is 1.20. The van der Waals surface area contributed by atoms with Gasteiger partial charge in [0, 0.05) is 5.46 Å². The fourth-order valence-electron chi connectivity index (χ4n) is 1.20. The van der Waals surface area contributed by atoms with Crippen molar-refractivity contribution in [1.82, 2.24) is 0 Å². The van der Waals surface area contributed by atoms with Crippen LogP contribution in [0, 0.1) is 12.7 Å². The SMILES string of the molecule is COc1c(F)ccc(C)c1B(O)O. The summed E-state index contributed by atoms with van der Waals surface area (Å²) in [6.45, 7) is 1.65. The third kappa shape index (κ3) is 1.81. The molecule has 5 heteroatoms. The van der Waals surface area contributed by atoms with Gasteiger partial charge in [0.2, 0.25) is 0 Å². The topological polar surface area (TPSA) is 49.7 Å². The zero-order valence-corrected chi connectivity index (χ0v) is 7.41. The largest absolute Gasteiger partial charge is 0.494 e. The molecule has 2 N–H and O–H groups in total. The highest BCUT2D eigenvalue weighted by atomic mass is 19.1. The van der Waals surface area contributed by atoms with Gasteiger partial charge in [0.25, 0.3) is 0 Å². The Morgan fingerprint density at radius 1 is 1.38 bits per heavy atom. The molecule has 13 heavy (non-hydrogen) atoms. The Morgan fingerprint density at radius 2 is 2.00 bits per heavy atom. The molecule has 0 saturated carbocycles. The number of rotatable bonds is 2. The van der Waals surface area contributed by atoms with E-state index in [0.29, 0.717) is 5.56 Å². The van der Waals surface area contributed by atoms with Crippen LogP contribution in [0.5, 0.6) is 5.75 Å². The van der Waals surface area contributed by atoms with Crippen molar-refractivity contribution in [3.8, 4) is 5.75 Å². The van der Waals surface area contributed by atoms with E-state index in [1.165, 1.54) is 19.2 Å². The van der Waals surface area contributed by atoms with Crippen molar-refractivity contribution in [1.29, 1.82) is 0 Å². The van der Waals surface area contributed by atoms with Crippen LogP contribution in [0.4, 0.5) is 4.39 Å². The molecule has 0 bridgehead atoms. The smallest absolute Gasteiger partial charge is 0.492 e. The Hall–Kier alpha value is -1.07. The molecule has 1 rings (SSSR count). The molecule has 0 fully saturated rings. The molecule has 0 aromatic heterocycles. The van der Waals surface area contributed by atoms with Crippen LogP contribution in [0.1, 0.15) is 5.56 Å². The normalized spacial score (nSPS) is 9.92. The van der Waals surface area contributed by atoms with Crippen LogP contribution >= 0.6 is 0 Å². The summed E-state index contributed by atoms with van der Waals surface area (Å²) in [6, 6.07) is 2.69. The lowest BCUT2D eigenvalue weighted by molar-refractivity contribution is 0.381. The summed E-state index contributed by atoms with van der Waals surface area (Å²) < 4.78 is 17.8. The van der Waals surface area contributed by atoms with Crippen molar-refractivity contribution < 1.29 is 19.2 Å². The summed E-state index contributed by atoms with van der Waals surface area (Å²) in [4.78, 5) is 0. The van der Waals surface area contributed by atoms with Gasteiger partial charge in [0.05, 0.1) is 7.11 Å². The van der Waals surface area contributed by atoms with Crippen molar-refractivity contribution in [2.45, 2.75) is 6.92 Å². The maximum Gasteiger partial charge on any atom is 0.492 e. The quantitative estimate of drug-likeness (QED) is 0.627. The first-order chi connectivity index (χ1) is 6.07. The molecule has 70 valence electrons. The summed E-state index contributed by atoms with van der Waals surface area (Å²) in [5.74, 6) is -0.716. The van der Waals surface area contributed by atoms with E-state index in [2.05, 4.69) is 0 Å². The number of ether oxygens (including phenoxy) is 1. The van der Waals surface area contributed by atoms with E-state index in [0.717, 1.165) is 0 Å². The average Bonchev–Trinajstić information content (AvgIpc) is 2.07. The van der Waals surface area contributed by atoms with Gasteiger partial charge in [-0.1, -0.05) is 6.07 Å². The van der Waals surface area contributed by atoms with Crippen molar-refractivity contribution in [2.75, 3.05) is 7.11 Å². The molecule has 1 aromatic rings. The lowest BCUT2D eigenvalue weighted by Gasteiger charge is -2.11. The Morgan fingerprint density at radius 3 is 2.38 bits per heavy atom. The maximum absolute atomic E-state index is 13.0. The van der Waals surface area contributed by atoms with Gasteiger partial charge >= 0.3 is 7.12 Å². The Labute approximate surface area is 75.9 Å². The van der Waals surface area contributed by atoms with Crippen molar-refractivity contribution in [3.63, 3.8) is 0 Å². The molecule has 0 aliphatic heterocycles. The molecule has 1 aromatic carbocycles. The first kappa shape index (κ1) is 10.0. The highest BCUT2D eigenvalue weighted by molar-refractivity contribution is 6.60. The Bertz CT molecular complexity index is 315. The molecule has 0 atom stereocenters. The predicted molar refractivity (Wildman–Crippen MR) is 47.5 cm³/mol. The molecule has 0 radical (unpaired) electrons. The minimum Gasteiger partial charge on any atom is -0.494 e. The maximum atomic E-state index is 13.0. The van der Waals surface area contributed by atoms with Gasteiger partial charge < -0.3 is 14.8 Å². The molecule has 0 saturated heterocycles. The molecular weight excluding hydrogens is 174 g/mol. The van der Waals surface area contributed by atoms with Crippen LogP contribution in [0.25, 0.3) is 0 Å². The summed E-state index contributed by atoms with van der Waals surface area (Å²) in [5.41, 5.74) is 0.649. The first-order valence-electron chi connectivity index (χ1n) is 3.77. The fraction of sp³-hybridized carbons (Fsp3) is 0.250. The monoisotopic (exact) mass is 184 g/mol. The first-order valence-corrected chi connectivity index (χ1v) is 3.77. The number of halogens is 1. The van der Waals surface area contributed by atoms with Crippen LogP contribution in [-0.2, 0) is 0 Å². The van der Waals surface area contributed by atoms with Crippen molar-refractivity contribution in [2.24, 2.45) is 0 Å². The van der Waals surface area contributed by atoms with Crippen molar-refractivity contribution in [3.05, 3.63) is 23.5 Å². The van der Waals surface area contributed by atoms with E-state index >= 15 is 0 Å². The van der Waals surface area contributed by atoms with Crippen LogP contribution in [0.2, 0.25) is 0 Å². The van der Waals surface area contributed by atoms with Crippen LogP contribution in [0.15, 0.2) is 12.1 Å². The Kier molecular flexibility index (Phi) is 2.90. The van der Waals surface area contributed by atoms with Crippen molar-refractivity contribution >= 4 is 12.6 Å². The summed E-state index contributed by atoms with van der Waals surface area (Å²) >= 11 is 0. The van der Waals surface area contributed by atoms with Gasteiger partial charge in [0.15, 0.2) is 11.6 Å². The number of benzene rings is 1. The number of hydrogen-bond donors (Lipinski definition) is 2. The second-order valence-electron chi connectivity index (χ2n) is 2.68. The van der Waals surface area contributed by atoms with Gasteiger partial charge in [-0.3, -0.25) is 0 Å². The summed E-state index contributed by atoms with van der Waals surface area (Å²) in [5, 5.41) is 17.9. The highest BCUT2D eigenvalue weighted by Crippen LogP contribution is 2.15. The van der Waals surface area contributed by atoms with E-state index in [1.54, 1.807) is 6.92 Å². The van der Waals surface area contributed by atoms with Gasteiger partial charge in [0.1, 0.15) is 0 Å². The second kappa shape index (κ2) is 3.76. The number of methoxy groups -OCH3 is 1. The molecule has 0 unspecified atom stereocenters. The van der Waals surface area contributed by atoms with E-state index in [1.807, 2.05) is 0 Å².